The van der Waals surface area contributed by atoms with Crippen molar-refractivity contribution in [2.75, 3.05) is 51.6 Å². The lowest BCUT2D eigenvalue weighted by molar-refractivity contribution is -0.896. The first-order chi connectivity index (χ1) is 20.1. The van der Waals surface area contributed by atoms with E-state index in [4.69, 9.17) is 15.9 Å². The van der Waals surface area contributed by atoms with Gasteiger partial charge in [-0.25, -0.2) is 13.8 Å². The predicted octanol–water partition coefficient (Wildman–Crippen LogP) is 3.23. The van der Waals surface area contributed by atoms with Crippen molar-refractivity contribution >= 4 is 34.6 Å². The topological polar surface area (TPSA) is 144 Å². The molecular weight excluding hydrogens is 587 g/mol. The van der Waals surface area contributed by atoms with Crippen LogP contribution in [0.25, 0.3) is 0 Å². The number of halogens is 3. The molecule has 0 aromatic heterocycles. The average molecular weight is 621 g/mol. The smallest absolute Gasteiger partial charge is 0.416 e. The maximum absolute atomic E-state index is 13.6. The van der Waals surface area contributed by atoms with Gasteiger partial charge in [0.1, 0.15) is 19.3 Å². The van der Waals surface area contributed by atoms with Crippen molar-refractivity contribution < 1.29 is 36.2 Å². The lowest BCUT2D eigenvalue weighted by Gasteiger charge is -2.44. The molecule has 1 fully saturated rings. The van der Waals surface area contributed by atoms with Crippen molar-refractivity contribution in [2.24, 2.45) is 5.73 Å². The molecule has 43 heavy (non-hydrogen) atoms. The summed E-state index contributed by atoms with van der Waals surface area (Å²) in [6.07, 6.45) is 1.14. The minimum absolute atomic E-state index is 0.0399. The Hall–Kier alpha value is -4.26. The van der Waals surface area contributed by atoms with Gasteiger partial charge in [0, 0.05) is 23.2 Å². The molecule has 0 bridgehead atoms. The number of anilines is 1. The van der Waals surface area contributed by atoms with Gasteiger partial charge in [-0.15, -0.1) is 0 Å². The van der Waals surface area contributed by atoms with Crippen LogP contribution in [0, 0.1) is 16.7 Å². The summed E-state index contributed by atoms with van der Waals surface area (Å²) in [5.41, 5.74) is 5.08. The lowest BCUT2D eigenvalue weighted by atomic mass is 9.91. The third-order valence-electron chi connectivity index (χ3n) is 7.26. The van der Waals surface area contributed by atoms with Crippen molar-refractivity contribution in [3.05, 3.63) is 77.1 Å². The fourth-order valence-corrected chi connectivity index (χ4v) is 5.94. The monoisotopic (exact) mass is 620 g/mol. The van der Waals surface area contributed by atoms with E-state index in [1.807, 2.05) is 13.1 Å². The number of methoxy groups -OCH3 is 1. The van der Waals surface area contributed by atoms with E-state index in [9.17, 15) is 32.2 Å². The van der Waals surface area contributed by atoms with Gasteiger partial charge in [-0.05, 0) is 31.2 Å². The molecule has 0 spiro atoms. The van der Waals surface area contributed by atoms with Crippen molar-refractivity contribution in [3.8, 4) is 6.07 Å². The van der Waals surface area contributed by atoms with Gasteiger partial charge in [-0.1, -0.05) is 24.8 Å². The summed E-state index contributed by atoms with van der Waals surface area (Å²) in [6.45, 7) is 6.58. The highest BCUT2D eigenvalue weighted by Gasteiger charge is 2.47. The van der Waals surface area contributed by atoms with Gasteiger partial charge in [0.2, 0.25) is 5.96 Å². The van der Waals surface area contributed by atoms with Gasteiger partial charge in [0.25, 0.3) is 0 Å². The van der Waals surface area contributed by atoms with Crippen LogP contribution >= 0.6 is 0 Å². The minimum Gasteiger partial charge on any atom is -0.466 e. The van der Waals surface area contributed by atoms with Gasteiger partial charge in [-0.3, -0.25) is 15.2 Å². The molecule has 15 heteroatoms. The predicted molar refractivity (Wildman–Crippen MR) is 155 cm³/mol. The fraction of sp³-hybridized carbons (Fsp3) is 0.357. The molecular formula is C28H33F3N7O4S+. The molecule has 0 radical (unpaired) electrons. The summed E-state index contributed by atoms with van der Waals surface area (Å²) >= 11 is 0. The van der Waals surface area contributed by atoms with Crippen molar-refractivity contribution in [2.45, 2.75) is 19.1 Å². The Balaban J connectivity index is 2.32. The fourth-order valence-electron chi connectivity index (χ4n) is 5.16. The summed E-state index contributed by atoms with van der Waals surface area (Å²) in [5.74, 6) is -1.50. The quantitative estimate of drug-likeness (QED) is 0.198. The number of rotatable bonds is 8. The minimum atomic E-state index is -4.70. The van der Waals surface area contributed by atoms with Gasteiger partial charge in [-0.2, -0.15) is 22.7 Å². The largest absolute Gasteiger partial charge is 0.466 e. The van der Waals surface area contributed by atoms with Gasteiger partial charge >= 0.3 is 18.2 Å². The Morgan fingerprint density at radius 1 is 1.35 bits per heavy atom. The average Bonchev–Trinajstić information content (AvgIpc) is 3.33. The number of benzene rings is 1. The molecule has 230 valence electrons. The Kier molecular flexibility index (Phi) is 10.0. The number of nitrogens with one attached hydrogen (secondary N) is 1. The van der Waals surface area contributed by atoms with Crippen LogP contribution in [0.3, 0.4) is 0 Å². The molecule has 11 nitrogen and oxygen atoms in total. The van der Waals surface area contributed by atoms with Crippen LogP contribution in [0.5, 0.6) is 0 Å². The third kappa shape index (κ3) is 7.04. The number of hydrogen-bond donors (Lipinski definition) is 2. The van der Waals surface area contributed by atoms with Crippen LogP contribution in [0.2, 0.25) is 0 Å². The number of nitriles is 1. The van der Waals surface area contributed by atoms with Crippen LogP contribution in [0.4, 0.5) is 23.7 Å². The number of hydrogen-bond acceptors (Lipinski definition) is 6. The summed E-state index contributed by atoms with van der Waals surface area (Å²) in [6, 6.07) is 3.61. The van der Waals surface area contributed by atoms with Crippen molar-refractivity contribution in [3.63, 3.8) is 0 Å². The van der Waals surface area contributed by atoms with E-state index < -0.39 is 46.7 Å². The van der Waals surface area contributed by atoms with E-state index in [0.29, 0.717) is 25.3 Å². The number of carbonyl (C=O) groups excluding carboxylic acids is 2. The number of ether oxygens (including phenoxy) is 1. The molecule has 2 unspecified atom stereocenters. The first-order valence-corrected chi connectivity index (χ1v) is 14.4. The van der Waals surface area contributed by atoms with Crippen LogP contribution in [0.15, 0.2) is 71.5 Å². The summed E-state index contributed by atoms with van der Waals surface area (Å²) < 4.78 is 60.0. The number of amides is 2. The number of urea groups is 1. The number of guanidine groups is 1. The van der Waals surface area contributed by atoms with Gasteiger partial charge in [0.15, 0.2) is 0 Å². The highest BCUT2D eigenvalue weighted by atomic mass is 32.2. The van der Waals surface area contributed by atoms with Gasteiger partial charge < -0.3 is 15.0 Å². The normalized spacial score (nSPS) is 22.8. The summed E-state index contributed by atoms with van der Waals surface area (Å²) in [5, 5.41) is 18.4. The van der Waals surface area contributed by atoms with E-state index in [1.54, 1.807) is 10.6 Å². The number of alkyl halides is 3. The molecule has 1 saturated heterocycles. The van der Waals surface area contributed by atoms with E-state index in [1.165, 1.54) is 31.2 Å². The van der Waals surface area contributed by atoms with Gasteiger partial charge in [0.05, 0.1) is 61.0 Å². The van der Waals surface area contributed by atoms with Crippen LogP contribution in [-0.2, 0) is 26.7 Å². The standard InChI is InChI=1S/C28H32F3N7O4S/c1-6-19(15-32)10-11-20(16-38(3)13-12-35(17-38)43(5)41)24-23(25(39)42-4)18(2)36(26(33)37(24)27(34)40)22-9-7-8-21(14-22)28(29,30)31/h6-11,14,24,33H,1,12-13,16-17H2,2-5H3,(H-,34,40)/p+1/b19-10+,20-11+,33-26?/t24-,38?,43?/m1/s1. The second kappa shape index (κ2) is 12.9. The number of nitrogens with zero attached hydrogens (tertiary/aromatic N) is 5. The molecule has 2 aliphatic rings. The number of carbonyl (C=O) groups is 2. The number of allylic oxidation sites excluding steroid dienone is 5. The maximum atomic E-state index is 13.6. The second-order valence-electron chi connectivity index (χ2n) is 10.3. The molecule has 0 saturated carbocycles. The SMILES string of the molecule is C=C/C(C#N)=C\C=C(/C[N+]1(C)CCN(S(C)=O)C1)[C@@H]1C(C(=O)OC)=C(C)N(c2cccc(C(F)(F)F)c2)C(=N)N1C(N)=O. The number of nitrogens with two attached hydrogens (primary N) is 1. The number of primary amides is 1. The Morgan fingerprint density at radius 3 is 2.53 bits per heavy atom. The number of quaternary nitrogens is 1. The molecule has 3 rings (SSSR count). The number of esters is 1. The van der Waals surface area contributed by atoms with E-state index >= 15 is 0 Å². The first-order valence-electron chi connectivity index (χ1n) is 12.9. The van der Waals surface area contributed by atoms with Crippen LogP contribution < -0.4 is 10.6 Å². The molecule has 1 aromatic rings. The summed E-state index contributed by atoms with van der Waals surface area (Å²) in [7, 11) is 1.74. The number of likely N-dealkylation sites (N-methyl/N-ethyl adjacent to an activating group) is 1. The zero-order chi connectivity index (χ0) is 32.3. The first kappa shape index (κ1) is 33.2. The Labute approximate surface area is 250 Å². The molecule has 0 aliphatic carbocycles. The van der Waals surface area contributed by atoms with Crippen molar-refractivity contribution in [1.82, 2.24) is 9.21 Å². The highest BCUT2D eigenvalue weighted by molar-refractivity contribution is 7.81. The van der Waals surface area contributed by atoms with E-state index in [2.05, 4.69) is 6.58 Å². The zero-order valence-corrected chi connectivity index (χ0v) is 25.0. The molecule has 2 aliphatic heterocycles. The lowest BCUT2D eigenvalue weighted by Crippen LogP contribution is -2.61. The third-order valence-corrected chi connectivity index (χ3v) is 8.29. The molecule has 3 N–H and O–H groups in total. The van der Waals surface area contributed by atoms with Crippen LogP contribution in [0.1, 0.15) is 12.5 Å². The summed E-state index contributed by atoms with van der Waals surface area (Å²) in [4.78, 5) is 28.2. The highest BCUT2D eigenvalue weighted by Crippen LogP contribution is 2.38. The molecule has 1 aromatic carbocycles. The van der Waals surface area contributed by atoms with E-state index in [0.717, 1.165) is 35.1 Å². The second-order valence-corrected chi connectivity index (χ2v) is 11.6. The zero-order valence-electron chi connectivity index (χ0n) is 24.1. The molecule has 3 atom stereocenters. The van der Waals surface area contributed by atoms with E-state index in [-0.39, 0.29) is 33.6 Å². The molecule has 2 heterocycles. The Bertz CT molecular complexity index is 1500. The Morgan fingerprint density at radius 2 is 2.02 bits per heavy atom. The molecule has 2 amide bonds. The maximum Gasteiger partial charge on any atom is 0.416 e. The van der Waals surface area contributed by atoms with Crippen LogP contribution in [-0.4, -0.2) is 88.6 Å². The van der Waals surface area contributed by atoms with Crippen molar-refractivity contribution in [1.29, 1.82) is 10.7 Å².